The predicted molar refractivity (Wildman–Crippen MR) is 65.6 cm³/mol. The molecule has 1 saturated heterocycles. The van der Waals surface area contributed by atoms with Crippen molar-refractivity contribution in [3.8, 4) is 0 Å². The van der Waals surface area contributed by atoms with E-state index in [1.54, 1.807) is 0 Å². The fraction of sp³-hybridized carbons (Fsp3) is 0.500. The summed E-state index contributed by atoms with van der Waals surface area (Å²) in [6.07, 6.45) is 1.18. The van der Waals surface area contributed by atoms with Crippen molar-refractivity contribution in [2.24, 2.45) is 0 Å². The Morgan fingerprint density at radius 1 is 1.40 bits per heavy atom. The highest BCUT2D eigenvalue weighted by atomic mass is 35.5. The summed E-state index contributed by atoms with van der Waals surface area (Å²) in [6.45, 7) is 3.35. The van der Waals surface area contributed by atoms with Crippen molar-refractivity contribution in [2.75, 3.05) is 18.9 Å². The first kappa shape index (κ1) is 10.8. The van der Waals surface area contributed by atoms with Gasteiger partial charge in [0.25, 0.3) is 0 Å². The van der Waals surface area contributed by atoms with Gasteiger partial charge in [0.15, 0.2) is 0 Å². The largest absolute Gasteiger partial charge is 0.380 e. The Morgan fingerprint density at radius 3 is 2.73 bits per heavy atom. The van der Waals surface area contributed by atoms with Crippen LogP contribution in [-0.2, 0) is 0 Å². The van der Waals surface area contributed by atoms with Crippen LogP contribution in [-0.4, -0.2) is 30.6 Å². The summed E-state index contributed by atoms with van der Waals surface area (Å²) in [4.78, 5) is 2.37. The number of likely N-dealkylation sites (N-methyl/N-ethyl adjacent to an activating group) is 1. The number of hydrogen-bond donors (Lipinski definition) is 1. The molecule has 0 spiro atoms. The molecule has 0 aromatic heterocycles. The standard InChI is InChI=1S/C12H17ClN2/c1-9-7-10(8-15(9)2)14-12-6-4-3-5-11(12)13/h3-6,9-10,14H,7-8H2,1-2H3. The summed E-state index contributed by atoms with van der Waals surface area (Å²) in [5.74, 6) is 0. The zero-order valence-electron chi connectivity index (χ0n) is 9.20. The van der Waals surface area contributed by atoms with E-state index in [2.05, 4.69) is 24.2 Å². The molecule has 0 bridgehead atoms. The molecular weight excluding hydrogens is 208 g/mol. The van der Waals surface area contributed by atoms with Gasteiger partial charge >= 0.3 is 0 Å². The summed E-state index contributed by atoms with van der Waals surface area (Å²) in [6, 6.07) is 9.10. The van der Waals surface area contributed by atoms with Gasteiger partial charge < -0.3 is 10.2 Å². The molecule has 1 N–H and O–H groups in total. The molecule has 0 radical (unpaired) electrons. The van der Waals surface area contributed by atoms with Gasteiger partial charge in [0.1, 0.15) is 0 Å². The molecule has 1 aromatic rings. The van der Waals surface area contributed by atoms with Gasteiger partial charge in [-0.3, -0.25) is 0 Å². The molecular formula is C12H17ClN2. The number of likely N-dealkylation sites (tertiary alicyclic amines) is 1. The molecule has 0 saturated carbocycles. The van der Waals surface area contributed by atoms with E-state index >= 15 is 0 Å². The van der Waals surface area contributed by atoms with E-state index in [4.69, 9.17) is 11.6 Å². The highest BCUT2D eigenvalue weighted by Crippen LogP contribution is 2.24. The van der Waals surface area contributed by atoms with E-state index in [0.29, 0.717) is 12.1 Å². The van der Waals surface area contributed by atoms with Crippen molar-refractivity contribution in [3.05, 3.63) is 29.3 Å². The van der Waals surface area contributed by atoms with Gasteiger partial charge in [0.05, 0.1) is 10.7 Å². The maximum atomic E-state index is 6.10. The first-order chi connectivity index (χ1) is 7.16. The molecule has 1 aliphatic heterocycles. The summed E-state index contributed by atoms with van der Waals surface area (Å²) in [7, 11) is 2.17. The molecule has 0 aliphatic carbocycles. The third kappa shape index (κ3) is 2.44. The average molecular weight is 225 g/mol. The van der Waals surface area contributed by atoms with Crippen LogP contribution in [0, 0.1) is 0 Å². The summed E-state index contributed by atoms with van der Waals surface area (Å²) in [5, 5.41) is 4.30. The van der Waals surface area contributed by atoms with Gasteiger partial charge in [0.2, 0.25) is 0 Å². The Balaban J connectivity index is 2.01. The number of rotatable bonds is 2. The zero-order valence-corrected chi connectivity index (χ0v) is 9.96. The lowest BCUT2D eigenvalue weighted by Crippen LogP contribution is -2.24. The van der Waals surface area contributed by atoms with Crippen LogP contribution in [0.5, 0.6) is 0 Å². The van der Waals surface area contributed by atoms with Gasteiger partial charge in [-0.25, -0.2) is 0 Å². The number of benzene rings is 1. The van der Waals surface area contributed by atoms with Gasteiger partial charge in [-0.1, -0.05) is 23.7 Å². The van der Waals surface area contributed by atoms with E-state index in [1.165, 1.54) is 6.42 Å². The minimum atomic E-state index is 0.518. The van der Waals surface area contributed by atoms with E-state index in [9.17, 15) is 0 Å². The molecule has 82 valence electrons. The van der Waals surface area contributed by atoms with Crippen molar-refractivity contribution in [3.63, 3.8) is 0 Å². The molecule has 1 fully saturated rings. The molecule has 2 unspecified atom stereocenters. The summed E-state index contributed by atoms with van der Waals surface area (Å²) < 4.78 is 0. The lowest BCUT2D eigenvalue weighted by molar-refractivity contribution is 0.330. The molecule has 3 heteroatoms. The van der Waals surface area contributed by atoms with Crippen LogP contribution in [0.2, 0.25) is 5.02 Å². The molecule has 1 aliphatic rings. The Hall–Kier alpha value is -0.730. The topological polar surface area (TPSA) is 15.3 Å². The maximum absolute atomic E-state index is 6.10. The number of para-hydroxylation sites is 1. The monoisotopic (exact) mass is 224 g/mol. The predicted octanol–water partition coefficient (Wildman–Crippen LogP) is 2.84. The van der Waals surface area contributed by atoms with E-state index in [1.807, 2.05) is 24.3 Å². The van der Waals surface area contributed by atoms with Crippen LogP contribution in [0.4, 0.5) is 5.69 Å². The first-order valence-electron chi connectivity index (χ1n) is 5.38. The second-order valence-corrected chi connectivity index (χ2v) is 4.75. The number of nitrogens with zero attached hydrogens (tertiary/aromatic N) is 1. The number of anilines is 1. The van der Waals surface area contributed by atoms with Crippen LogP contribution < -0.4 is 5.32 Å². The summed E-state index contributed by atoms with van der Waals surface area (Å²) >= 11 is 6.10. The second kappa shape index (κ2) is 4.42. The van der Waals surface area contributed by atoms with Gasteiger partial charge in [-0.2, -0.15) is 0 Å². The van der Waals surface area contributed by atoms with Crippen LogP contribution in [0.1, 0.15) is 13.3 Å². The Morgan fingerprint density at radius 2 is 2.13 bits per heavy atom. The smallest absolute Gasteiger partial charge is 0.0637 e. The Kier molecular flexibility index (Phi) is 3.17. The number of hydrogen-bond acceptors (Lipinski definition) is 2. The highest BCUT2D eigenvalue weighted by molar-refractivity contribution is 6.33. The van der Waals surface area contributed by atoms with Crippen molar-refractivity contribution in [1.29, 1.82) is 0 Å². The van der Waals surface area contributed by atoms with E-state index < -0.39 is 0 Å². The van der Waals surface area contributed by atoms with E-state index in [0.717, 1.165) is 17.3 Å². The Labute approximate surface area is 96.2 Å². The highest BCUT2D eigenvalue weighted by Gasteiger charge is 2.25. The van der Waals surface area contributed by atoms with Crippen molar-refractivity contribution in [1.82, 2.24) is 4.90 Å². The van der Waals surface area contributed by atoms with Crippen LogP contribution in [0.25, 0.3) is 0 Å². The molecule has 15 heavy (non-hydrogen) atoms. The zero-order chi connectivity index (χ0) is 10.8. The Bertz CT molecular complexity index is 330. The van der Waals surface area contributed by atoms with Crippen molar-refractivity contribution >= 4 is 17.3 Å². The SMILES string of the molecule is CC1CC(Nc2ccccc2Cl)CN1C. The second-order valence-electron chi connectivity index (χ2n) is 4.35. The van der Waals surface area contributed by atoms with Crippen LogP contribution >= 0.6 is 11.6 Å². The minimum absolute atomic E-state index is 0.518. The fourth-order valence-corrected chi connectivity index (χ4v) is 2.29. The summed E-state index contributed by atoms with van der Waals surface area (Å²) in [5.41, 5.74) is 1.05. The fourth-order valence-electron chi connectivity index (χ4n) is 2.10. The lowest BCUT2D eigenvalue weighted by Gasteiger charge is -2.15. The quantitative estimate of drug-likeness (QED) is 0.831. The molecule has 0 amide bonds. The molecule has 1 aromatic carbocycles. The van der Waals surface area contributed by atoms with Gasteiger partial charge in [-0.15, -0.1) is 0 Å². The molecule has 2 nitrogen and oxygen atoms in total. The maximum Gasteiger partial charge on any atom is 0.0637 e. The van der Waals surface area contributed by atoms with Crippen molar-refractivity contribution in [2.45, 2.75) is 25.4 Å². The minimum Gasteiger partial charge on any atom is -0.380 e. The first-order valence-corrected chi connectivity index (χ1v) is 5.76. The van der Waals surface area contributed by atoms with Crippen molar-refractivity contribution < 1.29 is 0 Å². The number of nitrogens with one attached hydrogen (secondary N) is 1. The van der Waals surface area contributed by atoms with Gasteiger partial charge in [0, 0.05) is 18.6 Å². The normalized spacial score (nSPS) is 26.9. The van der Waals surface area contributed by atoms with Crippen LogP contribution in [0.3, 0.4) is 0 Å². The molecule has 2 rings (SSSR count). The number of halogens is 1. The molecule has 1 heterocycles. The third-order valence-electron chi connectivity index (χ3n) is 3.12. The average Bonchev–Trinajstić information content (AvgIpc) is 2.50. The van der Waals surface area contributed by atoms with Crippen LogP contribution in [0.15, 0.2) is 24.3 Å². The molecule has 2 atom stereocenters. The van der Waals surface area contributed by atoms with E-state index in [-0.39, 0.29) is 0 Å². The lowest BCUT2D eigenvalue weighted by atomic mass is 10.2. The van der Waals surface area contributed by atoms with Gasteiger partial charge in [-0.05, 0) is 32.5 Å². The third-order valence-corrected chi connectivity index (χ3v) is 3.45.